The first-order valence-corrected chi connectivity index (χ1v) is 10.1. The number of hydrogen-bond donors (Lipinski definition) is 3. The van der Waals surface area contributed by atoms with Gasteiger partial charge >= 0.3 is 6.03 Å². The molecule has 3 aromatic rings. The quantitative estimate of drug-likeness (QED) is 0.480. The lowest BCUT2D eigenvalue weighted by Crippen LogP contribution is -2.32. The SMILES string of the molecule is COc1ccc(OC)c(C(O)CNC(=O)Nc2cccc(OCc3cscn3)c2)c1. The van der Waals surface area contributed by atoms with Gasteiger partial charge in [0, 0.05) is 29.2 Å². The predicted octanol–water partition coefficient (Wildman–Crippen LogP) is 3.59. The number of methoxy groups -OCH3 is 2. The Labute approximate surface area is 178 Å². The van der Waals surface area contributed by atoms with E-state index in [1.807, 2.05) is 5.38 Å². The molecule has 1 aromatic heterocycles. The predicted molar refractivity (Wildman–Crippen MR) is 114 cm³/mol. The van der Waals surface area contributed by atoms with E-state index in [0.717, 1.165) is 5.69 Å². The second-order valence-corrected chi connectivity index (χ2v) is 6.97. The van der Waals surface area contributed by atoms with Gasteiger partial charge in [0.25, 0.3) is 0 Å². The smallest absolute Gasteiger partial charge is 0.319 e. The molecule has 9 heteroatoms. The molecule has 1 unspecified atom stereocenters. The first kappa shape index (κ1) is 21.4. The van der Waals surface area contributed by atoms with E-state index in [-0.39, 0.29) is 6.54 Å². The molecule has 1 heterocycles. The van der Waals surface area contributed by atoms with Crippen molar-refractivity contribution in [3.63, 3.8) is 0 Å². The van der Waals surface area contributed by atoms with Gasteiger partial charge in [0.2, 0.25) is 0 Å². The molecule has 1 atom stereocenters. The summed E-state index contributed by atoms with van der Waals surface area (Å²) in [6.45, 7) is 0.350. The van der Waals surface area contributed by atoms with Crippen LogP contribution in [0.5, 0.6) is 17.2 Å². The molecule has 0 fully saturated rings. The number of nitrogens with one attached hydrogen (secondary N) is 2. The number of aromatic nitrogens is 1. The lowest BCUT2D eigenvalue weighted by molar-refractivity contribution is 0.170. The fourth-order valence-electron chi connectivity index (χ4n) is 2.70. The molecular formula is C21H23N3O5S. The van der Waals surface area contributed by atoms with Crippen LogP contribution in [0.2, 0.25) is 0 Å². The van der Waals surface area contributed by atoms with Gasteiger partial charge < -0.3 is 30.0 Å². The lowest BCUT2D eigenvalue weighted by atomic mass is 10.1. The van der Waals surface area contributed by atoms with Gasteiger partial charge in [0.15, 0.2) is 0 Å². The largest absolute Gasteiger partial charge is 0.497 e. The van der Waals surface area contributed by atoms with E-state index >= 15 is 0 Å². The monoisotopic (exact) mass is 429 g/mol. The molecule has 0 aliphatic rings. The maximum atomic E-state index is 12.2. The molecule has 0 radical (unpaired) electrons. The number of hydrogen-bond acceptors (Lipinski definition) is 7. The topological polar surface area (TPSA) is 102 Å². The first-order valence-electron chi connectivity index (χ1n) is 9.14. The Morgan fingerprint density at radius 2 is 2.03 bits per heavy atom. The van der Waals surface area contributed by atoms with Gasteiger partial charge in [-0.25, -0.2) is 9.78 Å². The standard InChI is InChI=1S/C21H23N3O5S/c1-27-16-6-7-20(28-2)18(9-16)19(25)10-22-21(26)24-14-4-3-5-17(8-14)29-11-15-12-30-13-23-15/h3-9,12-13,19,25H,10-11H2,1-2H3,(H2,22,24,26). The highest BCUT2D eigenvalue weighted by Crippen LogP contribution is 2.29. The van der Waals surface area contributed by atoms with Crippen molar-refractivity contribution in [2.45, 2.75) is 12.7 Å². The van der Waals surface area contributed by atoms with E-state index in [9.17, 15) is 9.90 Å². The molecule has 3 N–H and O–H groups in total. The van der Waals surface area contributed by atoms with Crippen LogP contribution in [0.3, 0.4) is 0 Å². The number of aliphatic hydroxyl groups excluding tert-OH is 1. The number of urea groups is 1. The summed E-state index contributed by atoms with van der Waals surface area (Å²) < 4.78 is 16.1. The Bertz CT molecular complexity index is 965. The Kier molecular flexibility index (Phi) is 7.47. The number of benzene rings is 2. The molecule has 0 bridgehead atoms. The Morgan fingerprint density at radius 1 is 1.17 bits per heavy atom. The van der Waals surface area contributed by atoms with Gasteiger partial charge in [-0.1, -0.05) is 6.07 Å². The van der Waals surface area contributed by atoms with Crippen LogP contribution in [0.25, 0.3) is 0 Å². The Morgan fingerprint density at radius 3 is 2.77 bits per heavy atom. The van der Waals surface area contributed by atoms with Crippen molar-refractivity contribution in [3.05, 3.63) is 64.6 Å². The van der Waals surface area contributed by atoms with E-state index in [1.54, 1.807) is 55.1 Å². The van der Waals surface area contributed by atoms with E-state index in [0.29, 0.717) is 35.1 Å². The maximum Gasteiger partial charge on any atom is 0.319 e. The van der Waals surface area contributed by atoms with E-state index in [2.05, 4.69) is 15.6 Å². The molecule has 3 rings (SSSR count). The van der Waals surface area contributed by atoms with Gasteiger partial charge in [0.05, 0.1) is 25.4 Å². The number of carbonyl (C=O) groups is 1. The van der Waals surface area contributed by atoms with Crippen LogP contribution in [0.15, 0.2) is 53.4 Å². The maximum absolute atomic E-state index is 12.2. The summed E-state index contributed by atoms with van der Waals surface area (Å²) in [6, 6.07) is 11.7. The summed E-state index contributed by atoms with van der Waals surface area (Å²) in [5.41, 5.74) is 3.68. The molecule has 2 amide bonds. The van der Waals surface area contributed by atoms with Crippen molar-refractivity contribution in [1.82, 2.24) is 10.3 Å². The molecular weight excluding hydrogens is 406 g/mol. The number of anilines is 1. The third-order valence-electron chi connectivity index (χ3n) is 4.21. The minimum Gasteiger partial charge on any atom is -0.497 e. The van der Waals surface area contributed by atoms with Crippen LogP contribution >= 0.6 is 11.3 Å². The van der Waals surface area contributed by atoms with Crippen LogP contribution in [0.4, 0.5) is 10.5 Å². The average molecular weight is 429 g/mol. The highest BCUT2D eigenvalue weighted by molar-refractivity contribution is 7.07. The number of amides is 2. The van der Waals surface area contributed by atoms with Crippen molar-refractivity contribution in [1.29, 1.82) is 0 Å². The zero-order valence-corrected chi connectivity index (χ0v) is 17.4. The van der Waals surface area contributed by atoms with Crippen molar-refractivity contribution in [2.24, 2.45) is 0 Å². The molecule has 158 valence electrons. The molecule has 2 aromatic carbocycles. The number of rotatable bonds is 9. The Balaban J connectivity index is 1.54. The molecule has 0 aliphatic heterocycles. The minimum atomic E-state index is -0.964. The van der Waals surface area contributed by atoms with Crippen LogP contribution in [-0.4, -0.2) is 36.9 Å². The number of aliphatic hydroxyl groups is 1. The second kappa shape index (κ2) is 10.5. The third kappa shape index (κ3) is 5.85. The Hall–Kier alpha value is -3.30. The van der Waals surface area contributed by atoms with Crippen molar-refractivity contribution < 1.29 is 24.1 Å². The molecule has 0 spiro atoms. The van der Waals surface area contributed by atoms with Crippen LogP contribution in [0, 0.1) is 0 Å². The second-order valence-electron chi connectivity index (χ2n) is 6.25. The van der Waals surface area contributed by atoms with Crippen LogP contribution in [-0.2, 0) is 6.61 Å². The summed E-state index contributed by atoms with van der Waals surface area (Å²) in [5.74, 6) is 1.71. The third-order valence-corrected chi connectivity index (χ3v) is 4.85. The van der Waals surface area contributed by atoms with Gasteiger partial charge in [0.1, 0.15) is 30.0 Å². The average Bonchev–Trinajstić information content (AvgIpc) is 3.29. The highest BCUT2D eigenvalue weighted by Gasteiger charge is 2.16. The van der Waals surface area contributed by atoms with E-state index < -0.39 is 12.1 Å². The number of carbonyl (C=O) groups excluding carboxylic acids is 1. The van der Waals surface area contributed by atoms with Crippen molar-refractivity contribution >= 4 is 23.1 Å². The molecule has 8 nitrogen and oxygen atoms in total. The van der Waals surface area contributed by atoms with E-state index in [1.165, 1.54) is 18.4 Å². The zero-order valence-electron chi connectivity index (χ0n) is 16.6. The molecule has 0 aliphatic carbocycles. The van der Waals surface area contributed by atoms with Gasteiger partial charge in [-0.15, -0.1) is 11.3 Å². The van der Waals surface area contributed by atoms with Gasteiger partial charge in [-0.2, -0.15) is 0 Å². The summed E-state index contributed by atoms with van der Waals surface area (Å²) in [5, 5.41) is 17.8. The zero-order chi connectivity index (χ0) is 21.3. The van der Waals surface area contributed by atoms with Crippen molar-refractivity contribution in [3.8, 4) is 17.2 Å². The number of ether oxygens (including phenoxy) is 3. The first-order chi connectivity index (χ1) is 14.6. The van der Waals surface area contributed by atoms with Crippen LogP contribution in [0.1, 0.15) is 17.4 Å². The minimum absolute atomic E-state index is 0.00459. The van der Waals surface area contributed by atoms with Gasteiger partial charge in [-0.05, 0) is 30.3 Å². The lowest BCUT2D eigenvalue weighted by Gasteiger charge is -2.17. The van der Waals surface area contributed by atoms with Gasteiger partial charge in [-0.3, -0.25) is 0 Å². The molecule has 0 saturated carbocycles. The fraction of sp³-hybridized carbons (Fsp3) is 0.238. The normalized spacial score (nSPS) is 11.4. The number of thiazole rings is 1. The highest BCUT2D eigenvalue weighted by atomic mass is 32.1. The fourth-order valence-corrected chi connectivity index (χ4v) is 3.25. The van der Waals surface area contributed by atoms with Crippen LogP contribution < -0.4 is 24.8 Å². The summed E-state index contributed by atoms with van der Waals surface area (Å²) >= 11 is 1.50. The summed E-state index contributed by atoms with van der Waals surface area (Å²) in [4.78, 5) is 16.4. The molecule has 0 saturated heterocycles. The summed E-state index contributed by atoms with van der Waals surface area (Å²) in [7, 11) is 3.06. The number of nitrogens with zero attached hydrogens (tertiary/aromatic N) is 1. The van der Waals surface area contributed by atoms with Crippen molar-refractivity contribution in [2.75, 3.05) is 26.1 Å². The molecule has 30 heavy (non-hydrogen) atoms. The summed E-state index contributed by atoms with van der Waals surface area (Å²) in [6.07, 6.45) is -0.964. The van der Waals surface area contributed by atoms with E-state index in [4.69, 9.17) is 14.2 Å².